The average Bonchev–Trinajstić information content (AvgIpc) is 3.24. The first kappa shape index (κ1) is 18.0. The highest BCUT2D eigenvalue weighted by molar-refractivity contribution is 5.55. The van der Waals surface area contributed by atoms with Gasteiger partial charge in [0, 0.05) is 25.9 Å². The van der Waals surface area contributed by atoms with Crippen LogP contribution in [-0.2, 0) is 24.6 Å². The standard InChI is InChI=1S/C22H23N5O2/c1-26-21(28)12-19(18-7-8-23-14-24-18)25-22(26)27-9-10-29-20(13-27)17-6-5-15-3-2-4-16(15)11-17/h5-8,11-12,14,20H,2-4,9-10,13H2,1H3. The van der Waals surface area contributed by atoms with E-state index in [-0.39, 0.29) is 11.7 Å². The number of aromatic nitrogens is 4. The summed E-state index contributed by atoms with van der Waals surface area (Å²) in [5, 5.41) is 0. The van der Waals surface area contributed by atoms with Crippen LogP contribution in [0.5, 0.6) is 0 Å². The molecule has 29 heavy (non-hydrogen) atoms. The summed E-state index contributed by atoms with van der Waals surface area (Å²) in [6.07, 6.45) is 6.64. The van der Waals surface area contributed by atoms with Crippen molar-refractivity contribution < 1.29 is 4.74 Å². The van der Waals surface area contributed by atoms with Gasteiger partial charge in [0.1, 0.15) is 12.4 Å². The normalized spacial score (nSPS) is 18.7. The van der Waals surface area contributed by atoms with E-state index >= 15 is 0 Å². The highest BCUT2D eigenvalue weighted by atomic mass is 16.5. The van der Waals surface area contributed by atoms with Crippen molar-refractivity contribution in [2.75, 3.05) is 24.6 Å². The molecule has 1 atom stereocenters. The molecule has 0 amide bonds. The van der Waals surface area contributed by atoms with Gasteiger partial charge in [-0.15, -0.1) is 0 Å². The van der Waals surface area contributed by atoms with Crippen LogP contribution >= 0.6 is 0 Å². The molecular weight excluding hydrogens is 366 g/mol. The molecule has 148 valence electrons. The summed E-state index contributed by atoms with van der Waals surface area (Å²) >= 11 is 0. The molecule has 0 bridgehead atoms. The fourth-order valence-corrected chi connectivity index (χ4v) is 4.21. The maximum atomic E-state index is 12.6. The van der Waals surface area contributed by atoms with Crippen LogP contribution in [0.2, 0.25) is 0 Å². The summed E-state index contributed by atoms with van der Waals surface area (Å²) in [5.74, 6) is 0.639. The van der Waals surface area contributed by atoms with E-state index in [0.29, 0.717) is 37.0 Å². The second-order valence-corrected chi connectivity index (χ2v) is 7.62. The van der Waals surface area contributed by atoms with Crippen LogP contribution in [0.3, 0.4) is 0 Å². The van der Waals surface area contributed by atoms with Crippen LogP contribution in [0, 0.1) is 0 Å². The first-order chi connectivity index (χ1) is 14.2. The molecule has 1 aliphatic carbocycles. The lowest BCUT2D eigenvalue weighted by Gasteiger charge is -2.34. The Labute approximate surface area is 169 Å². The fourth-order valence-electron chi connectivity index (χ4n) is 4.21. The molecule has 2 aliphatic rings. The summed E-state index contributed by atoms with van der Waals surface area (Å²) in [6.45, 7) is 1.94. The van der Waals surface area contributed by atoms with Crippen molar-refractivity contribution in [1.82, 2.24) is 19.5 Å². The Morgan fingerprint density at radius 2 is 2.00 bits per heavy atom. The molecule has 3 aromatic rings. The van der Waals surface area contributed by atoms with Gasteiger partial charge in [-0.2, -0.15) is 0 Å². The Hall–Kier alpha value is -3.06. The van der Waals surface area contributed by atoms with E-state index in [2.05, 4.69) is 33.1 Å². The number of ether oxygens (including phenoxy) is 1. The Bertz CT molecular complexity index is 1100. The zero-order valence-electron chi connectivity index (χ0n) is 16.4. The van der Waals surface area contributed by atoms with Gasteiger partial charge in [-0.25, -0.2) is 15.0 Å². The molecule has 2 aromatic heterocycles. The topological polar surface area (TPSA) is 73.1 Å². The number of benzene rings is 1. The lowest BCUT2D eigenvalue weighted by Crippen LogP contribution is -2.41. The minimum atomic E-state index is -0.107. The zero-order valence-corrected chi connectivity index (χ0v) is 16.4. The Morgan fingerprint density at radius 3 is 2.86 bits per heavy atom. The van der Waals surface area contributed by atoms with E-state index in [1.54, 1.807) is 23.9 Å². The van der Waals surface area contributed by atoms with Crippen molar-refractivity contribution >= 4 is 5.95 Å². The van der Waals surface area contributed by atoms with Gasteiger partial charge in [0.05, 0.1) is 24.5 Å². The minimum absolute atomic E-state index is 0.0331. The molecule has 7 heteroatoms. The third-order valence-corrected chi connectivity index (χ3v) is 5.80. The number of nitrogens with zero attached hydrogens (tertiary/aromatic N) is 5. The van der Waals surface area contributed by atoms with Crippen LogP contribution in [0.4, 0.5) is 5.95 Å². The molecular formula is C22H23N5O2. The van der Waals surface area contributed by atoms with E-state index in [9.17, 15) is 4.79 Å². The molecule has 1 unspecified atom stereocenters. The number of aryl methyl sites for hydroxylation is 2. The molecule has 0 radical (unpaired) electrons. The molecule has 3 heterocycles. The number of morpholine rings is 1. The summed E-state index contributed by atoms with van der Waals surface area (Å²) in [4.78, 5) is 27.6. The minimum Gasteiger partial charge on any atom is -0.370 e. The van der Waals surface area contributed by atoms with Crippen LogP contribution in [-0.4, -0.2) is 39.2 Å². The molecule has 0 saturated carbocycles. The van der Waals surface area contributed by atoms with Crippen LogP contribution in [0.15, 0.2) is 47.7 Å². The maximum Gasteiger partial charge on any atom is 0.255 e. The van der Waals surface area contributed by atoms with Gasteiger partial charge in [0.15, 0.2) is 0 Å². The van der Waals surface area contributed by atoms with E-state index in [1.807, 2.05) is 0 Å². The highest BCUT2D eigenvalue weighted by Gasteiger charge is 2.26. The first-order valence-electron chi connectivity index (χ1n) is 10.0. The van der Waals surface area contributed by atoms with Gasteiger partial charge in [0.25, 0.3) is 5.56 Å². The SMILES string of the molecule is Cn1c(N2CCOC(c3ccc4c(c3)CCC4)C2)nc(-c2ccncn2)cc1=O. The van der Waals surface area contributed by atoms with Gasteiger partial charge in [-0.3, -0.25) is 9.36 Å². The number of hydrogen-bond donors (Lipinski definition) is 0. The van der Waals surface area contributed by atoms with Crippen molar-refractivity contribution in [2.24, 2.45) is 7.05 Å². The van der Waals surface area contributed by atoms with Gasteiger partial charge < -0.3 is 9.64 Å². The molecule has 0 N–H and O–H groups in total. The van der Waals surface area contributed by atoms with Crippen molar-refractivity contribution in [2.45, 2.75) is 25.4 Å². The second-order valence-electron chi connectivity index (χ2n) is 7.62. The van der Waals surface area contributed by atoms with Crippen LogP contribution < -0.4 is 10.5 Å². The Morgan fingerprint density at radius 1 is 1.10 bits per heavy atom. The van der Waals surface area contributed by atoms with Crippen molar-refractivity contribution in [3.63, 3.8) is 0 Å². The van der Waals surface area contributed by atoms with Crippen LogP contribution in [0.25, 0.3) is 11.4 Å². The highest BCUT2D eigenvalue weighted by Crippen LogP contribution is 2.30. The lowest BCUT2D eigenvalue weighted by atomic mass is 10.0. The van der Waals surface area contributed by atoms with E-state index in [4.69, 9.17) is 9.72 Å². The van der Waals surface area contributed by atoms with E-state index < -0.39 is 0 Å². The number of hydrogen-bond acceptors (Lipinski definition) is 6. The quantitative estimate of drug-likeness (QED) is 0.684. The largest absolute Gasteiger partial charge is 0.370 e. The van der Waals surface area contributed by atoms with Crippen LogP contribution in [0.1, 0.15) is 29.2 Å². The zero-order chi connectivity index (χ0) is 19.8. The maximum absolute atomic E-state index is 12.6. The van der Waals surface area contributed by atoms with Crippen molar-refractivity contribution in [1.29, 1.82) is 0 Å². The number of anilines is 1. The molecule has 1 fully saturated rings. The van der Waals surface area contributed by atoms with Gasteiger partial charge in [0.2, 0.25) is 5.95 Å². The number of rotatable bonds is 3. The lowest BCUT2D eigenvalue weighted by molar-refractivity contribution is 0.0389. The molecule has 5 rings (SSSR count). The number of fused-ring (bicyclic) bond motifs is 1. The smallest absolute Gasteiger partial charge is 0.255 e. The van der Waals surface area contributed by atoms with Gasteiger partial charge in [-0.1, -0.05) is 18.2 Å². The summed E-state index contributed by atoms with van der Waals surface area (Å²) in [5.41, 5.74) is 5.20. The molecule has 0 spiro atoms. The van der Waals surface area contributed by atoms with Crippen molar-refractivity contribution in [3.8, 4) is 11.4 Å². The second kappa shape index (κ2) is 7.40. The third-order valence-electron chi connectivity index (χ3n) is 5.80. The Balaban J connectivity index is 1.46. The third kappa shape index (κ3) is 3.42. The van der Waals surface area contributed by atoms with Crippen molar-refractivity contribution in [3.05, 3.63) is 69.9 Å². The Kier molecular flexibility index (Phi) is 4.60. The predicted octanol–water partition coefficient (Wildman–Crippen LogP) is 2.30. The predicted molar refractivity (Wildman–Crippen MR) is 110 cm³/mol. The summed E-state index contributed by atoms with van der Waals surface area (Å²) < 4.78 is 7.68. The first-order valence-corrected chi connectivity index (χ1v) is 10.0. The average molecular weight is 389 g/mol. The van der Waals surface area contributed by atoms with E-state index in [1.165, 1.54) is 41.9 Å². The molecule has 7 nitrogen and oxygen atoms in total. The molecule has 1 saturated heterocycles. The summed E-state index contributed by atoms with van der Waals surface area (Å²) in [7, 11) is 1.76. The molecule has 1 aromatic carbocycles. The van der Waals surface area contributed by atoms with Gasteiger partial charge in [-0.05, 0) is 42.0 Å². The van der Waals surface area contributed by atoms with Gasteiger partial charge >= 0.3 is 0 Å². The molecule has 1 aliphatic heterocycles. The fraction of sp³-hybridized carbons (Fsp3) is 0.364. The van der Waals surface area contributed by atoms with E-state index in [0.717, 1.165) is 6.42 Å². The monoisotopic (exact) mass is 389 g/mol. The summed E-state index contributed by atoms with van der Waals surface area (Å²) in [6, 6.07) is 9.99.